The Hall–Kier alpha value is -2.65. The lowest BCUT2D eigenvalue weighted by atomic mass is 10.2. The minimum absolute atomic E-state index is 0.248. The van der Waals surface area contributed by atoms with Gasteiger partial charge in [0.1, 0.15) is 10.6 Å². The molecule has 1 aromatic carbocycles. The average Bonchev–Trinajstić information content (AvgIpc) is 2.96. The van der Waals surface area contributed by atoms with Crippen LogP contribution in [0.1, 0.15) is 6.42 Å². The zero-order valence-corrected chi connectivity index (χ0v) is 12.0. The van der Waals surface area contributed by atoms with E-state index in [2.05, 4.69) is 16.0 Å². The van der Waals surface area contributed by atoms with Gasteiger partial charge in [-0.15, -0.1) is 11.3 Å². The molecule has 5 nitrogen and oxygen atoms in total. The first-order chi connectivity index (χ1) is 10.3. The van der Waals surface area contributed by atoms with Crippen LogP contribution in [0.15, 0.2) is 41.8 Å². The summed E-state index contributed by atoms with van der Waals surface area (Å²) in [4.78, 5) is 11.5. The summed E-state index contributed by atoms with van der Waals surface area (Å²) in [7, 11) is 0. The predicted octanol–water partition coefficient (Wildman–Crippen LogP) is 3.33. The first-order valence-corrected chi connectivity index (χ1v) is 7.38. The first kappa shape index (κ1) is 13.3. The molecule has 0 aliphatic carbocycles. The molecule has 0 saturated carbocycles. The van der Waals surface area contributed by atoms with Gasteiger partial charge in [-0.3, -0.25) is 0 Å². The van der Waals surface area contributed by atoms with Gasteiger partial charge < -0.3 is 10.6 Å². The van der Waals surface area contributed by atoms with Gasteiger partial charge in [0, 0.05) is 12.2 Å². The summed E-state index contributed by atoms with van der Waals surface area (Å²) in [6.45, 7) is 0.557. The highest BCUT2D eigenvalue weighted by Crippen LogP contribution is 2.32. The summed E-state index contributed by atoms with van der Waals surface area (Å²) in [5.74, 6) is 0.998. The van der Waals surface area contributed by atoms with Crippen LogP contribution in [-0.2, 0) is 0 Å². The van der Waals surface area contributed by atoms with E-state index in [9.17, 15) is 0 Å². The maximum absolute atomic E-state index is 8.90. The lowest BCUT2D eigenvalue weighted by molar-refractivity contribution is 0.931. The molecule has 0 amide bonds. The Morgan fingerprint density at radius 2 is 2.00 bits per heavy atom. The van der Waals surface area contributed by atoms with E-state index in [4.69, 9.17) is 11.0 Å². The van der Waals surface area contributed by atoms with Crippen molar-refractivity contribution in [2.75, 3.05) is 17.2 Å². The molecule has 6 heteroatoms. The SMILES string of the molecule is N#CCCN(c1ccccc1)c1nc(N)nc2sccc12. The predicted molar refractivity (Wildman–Crippen MR) is 85.5 cm³/mol. The highest BCUT2D eigenvalue weighted by Gasteiger charge is 2.16. The molecule has 0 radical (unpaired) electrons. The third kappa shape index (κ3) is 2.64. The van der Waals surface area contributed by atoms with Crippen molar-refractivity contribution in [2.45, 2.75) is 6.42 Å². The molecule has 0 unspecified atom stereocenters. The number of benzene rings is 1. The van der Waals surface area contributed by atoms with Crippen molar-refractivity contribution in [1.82, 2.24) is 9.97 Å². The highest BCUT2D eigenvalue weighted by molar-refractivity contribution is 7.16. The van der Waals surface area contributed by atoms with Gasteiger partial charge in [-0.05, 0) is 23.6 Å². The molecule has 0 bridgehead atoms. The molecule has 0 saturated heterocycles. The molecule has 2 heterocycles. The van der Waals surface area contributed by atoms with E-state index in [-0.39, 0.29) is 5.95 Å². The van der Waals surface area contributed by atoms with Crippen LogP contribution in [0, 0.1) is 11.3 Å². The van der Waals surface area contributed by atoms with Gasteiger partial charge >= 0.3 is 0 Å². The van der Waals surface area contributed by atoms with E-state index in [1.807, 2.05) is 46.7 Å². The fourth-order valence-corrected chi connectivity index (χ4v) is 2.95. The summed E-state index contributed by atoms with van der Waals surface area (Å²) in [5, 5.41) is 11.8. The number of hydrogen-bond donors (Lipinski definition) is 1. The van der Waals surface area contributed by atoms with Gasteiger partial charge in [-0.25, -0.2) is 4.98 Å². The number of rotatable bonds is 4. The fourth-order valence-electron chi connectivity index (χ4n) is 2.19. The van der Waals surface area contributed by atoms with Crippen molar-refractivity contribution in [3.05, 3.63) is 41.8 Å². The van der Waals surface area contributed by atoms with Crippen LogP contribution in [0.4, 0.5) is 17.5 Å². The monoisotopic (exact) mass is 295 g/mol. The number of aromatic nitrogens is 2. The quantitative estimate of drug-likeness (QED) is 0.798. The third-order valence-electron chi connectivity index (χ3n) is 3.09. The molecule has 0 fully saturated rings. The van der Waals surface area contributed by atoms with Crippen molar-refractivity contribution in [3.8, 4) is 6.07 Å². The summed E-state index contributed by atoms with van der Waals surface area (Å²) >= 11 is 1.53. The van der Waals surface area contributed by atoms with Gasteiger partial charge in [-0.1, -0.05) is 18.2 Å². The van der Waals surface area contributed by atoms with Crippen molar-refractivity contribution in [2.24, 2.45) is 0 Å². The van der Waals surface area contributed by atoms with Crippen molar-refractivity contribution in [3.63, 3.8) is 0 Å². The number of para-hydroxylation sites is 1. The van der Waals surface area contributed by atoms with Crippen LogP contribution in [0.5, 0.6) is 0 Å². The third-order valence-corrected chi connectivity index (χ3v) is 3.90. The largest absolute Gasteiger partial charge is 0.368 e. The number of thiophene rings is 1. The highest BCUT2D eigenvalue weighted by atomic mass is 32.1. The zero-order chi connectivity index (χ0) is 14.7. The van der Waals surface area contributed by atoms with Crippen LogP contribution in [0.3, 0.4) is 0 Å². The number of anilines is 3. The lowest BCUT2D eigenvalue weighted by Crippen LogP contribution is -2.20. The second-order valence-corrected chi connectivity index (χ2v) is 5.33. The summed E-state index contributed by atoms with van der Waals surface area (Å²) < 4.78 is 0. The Balaban J connectivity index is 2.14. The fraction of sp³-hybridized carbons (Fsp3) is 0.133. The van der Waals surface area contributed by atoms with Crippen molar-refractivity contribution < 1.29 is 0 Å². The van der Waals surface area contributed by atoms with Crippen molar-refractivity contribution >= 4 is 39.0 Å². The Morgan fingerprint density at radius 3 is 2.76 bits per heavy atom. The molecule has 0 atom stereocenters. The summed E-state index contributed by atoms with van der Waals surface area (Å²) in [5.41, 5.74) is 6.81. The molecule has 104 valence electrons. The van der Waals surface area contributed by atoms with Gasteiger partial charge in [-0.2, -0.15) is 10.2 Å². The Morgan fingerprint density at radius 1 is 1.19 bits per heavy atom. The average molecular weight is 295 g/mol. The van der Waals surface area contributed by atoms with Crippen LogP contribution >= 0.6 is 11.3 Å². The summed E-state index contributed by atoms with van der Waals surface area (Å²) in [6.07, 6.45) is 0.407. The maximum atomic E-state index is 8.90. The smallest absolute Gasteiger partial charge is 0.223 e. The van der Waals surface area contributed by atoms with E-state index >= 15 is 0 Å². The number of fused-ring (bicyclic) bond motifs is 1. The van der Waals surface area contributed by atoms with E-state index in [1.54, 1.807) is 0 Å². The zero-order valence-electron chi connectivity index (χ0n) is 11.2. The molecular weight excluding hydrogens is 282 g/mol. The maximum Gasteiger partial charge on any atom is 0.223 e. The Kier molecular flexibility index (Phi) is 3.67. The van der Waals surface area contributed by atoms with Crippen LogP contribution in [-0.4, -0.2) is 16.5 Å². The first-order valence-electron chi connectivity index (χ1n) is 6.50. The number of nitrogen functional groups attached to an aromatic ring is 1. The molecule has 3 rings (SSSR count). The van der Waals surface area contributed by atoms with E-state index < -0.39 is 0 Å². The standard InChI is InChI=1S/C15H13N5S/c16-8-4-9-20(11-5-2-1-3-6-11)13-12-7-10-21-14(12)19-15(17)18-13/h1-3,5-7,10H,4,9H2,(H2,17,18,19). The minimum atomic E-state index is 0.248. The van der Waals surface area contributed by atoms with Crippen LogP contribution < -0.4 is 10.6 Å². The van der Waals surface area contributed by atoms with E-state index in [0.717, 1.165) is 21.7 Å². The van der Waals surface area contributed by atoms with Crippen LogP contribution in [0.25, 0.3) is 10.2 Å². The van der Waals surface area contributed by atoms with Crippen LogP contribution in [0.2, 0.25) is 0 Å². The molecule has 0 aliphatic heterocycles. The number of nitrogens with two attached hydrogens (primary N) is 1. The number of nitriles is 1. The minimum Gasteiger partial charge on any atom is -0.368 e. The molecule has 0 spiro atoms. The molecule has 0 aliphatic rings. The van der Waals surface area contributed by atoms with E-state index in [0.29, 0.717) is 13.0 Å². The topological polar surface area (TPSA) is 78.8 Å². The Bertz CT molecular complexity index is 791. The second kappa shape index (κ2) is 5.77. The Labute approximate surface area is 126 Å². The molecular formula is C15H13N5S. The molecule has 21 heavy (non-hydrogen) atoms. The van der Waals surface area contributed by atoms with Gasteiger partial charge in [0.05, 0.1) is 17.9 Å². The number of nitrogens with zero attached hydrogens (tertiary/aromatic N) is 4. The normalized spacial score (nSPS) is 10.4. The van der Waals surface area contributed by atoms with Crippen molar-refractivity contribution in [1.29, 1.82) is 5.26 Å². The molecule has 3 aromatic rings. The summed E-state index contributed by atoms with van der Waals surface area (Å²) in [6, 6.07) is 14.0. The second-order valence-electron chi connectivity index (χ2n) is 4.44. The van der Waals surface area contributed by atoms with E-state index in [1.165, 1.54) is 11.3 Å². The van der Waals surface area contributed by atoms with Gasteiger partial charge in [0.2, 0.25) is 5.95 Å². The number of hydrogen-bond acceptors (Lipinski definition) is 6. The molecule has 2 N–H and O–H groups in total. The molecule has 2 aromatic heterocycles. The lowest BCUT2D eigenvalue weighted by Gasteiger charge is -2.23. The van der Waals surface area contributed by atoms with Gasteiger partial charge in [0.15, 0.2) is 0 Å². The van der Waals surface area contributed by atoms with Gasteiger partial charge in [0.25, 0.3) is 0 Å².